The molecular weight excluding hydrogens is 594 g/mol. The van der Waals surface area contributed by atoms with Gasteiger partial charge in [-0.05, 0) is 64.1 Å². The van der Waals surface area contributed by atoms with Crippen LogP contribution in [0.25, 0.3) is 22.5 Å². The molecule has 10 heteroatoms. The van der Waals surface area contributed by atoms with Crippen LogP contribution in [0.1, 0.15) is 55.3 Å². The Kier molecular flexibility index (Phi) is 9.66. The van der Waals surface area contributed by atoms with Crippen LogP contribution in [0.15, 0.2) is 91.0 Å². The number of hydrogen-bond donors (Lipinski definition) is 1. The van der Waals surface area contributed by atoms with Crippen LogP contribution in [-0.2, 0) is 13.2 Å². The van der Waals surface area contributed by atoms with Crippen molar-refractivity contribution in [3.8, 4) is 39.8 Å². The van der Waals surface area contributed by atoms with E-state index in [1.54, 1.807) is 11.8 Å². The van der Waals surface area contributed by atoms with E-state index in [0.717, 1.165) is 27.8 Å². The Bertz CT molecular complexity index is 1800. The number of carbonyl (C=O) groups is 1. The first-order valence-corrected chi connectivity index (χ1v) is 15.9. The number of aromatic nitrogens is 4. The topological polar surface area (TPSA) is 112 Å². The van der Waals surface area contributed by atoms with Gasteiger partial charge in [-0.25, -0.2) is 9.48 Å². The Morgan fingerprint density at radius 1 is 0.809 bits per heavy atom. The van der Waals surface area contributed by atoms with Crippen molar-refractivity contribution in [1.82, 2.24) is 25.1 Å². The summed E-state index contributed by atoms with van der Waals surface area (Å²) in [7, 11) is 1.67. The summed E-state index contributed by atoms with van der Waals surface area (Å²) in [6.07, 6.45) is 0.283. The maximum absolute atomic E-state index is 11.6. The SMILES string of the molecule is COc1ccc(C(C)C)cc1-c1cc(-c2nnnn2C2CCN(C(=O)O)CC2)c(OCc2ccccc2)cc1OCc1ccccc1. The van der Waals surface area contributed by atoms with Crippen molar-refractivity contribution >= 4 is 6.09 Å². The molecule has 1 saturated heterocycles. The fourth-order valence-corrected chi connectivity index (χ4v) is 5.87. The minimum absolute atomic E-state index is 0.0752. The number of methoxy groups -OCH3 is 1. The van der Waals surface area contributed by atoms with Crippen molar-refractivity contribution in [3.63, 3.8) is 0 Å². The second-order valence-electron chi connectivity index (χ2n) is 12.0. The largest absolute Gasteiger partial charge is 0.496 e. The van der Waals surface area contributed by atoms with Crippen molar-refractivity contribution in [1.29, 1.82) is 0 Å². The number of hydrogen-bond acceptors (Lipinski definition) is 7. The first kappa shape index (κ1) is 31.6. The Morgan fingerprint density at radius 3 is 1.98 bits per heavy atom. The van der Waals surface area contributed by atoms with Crippen molar-refractivity contribution in [2.75, 3.05) is 20.2 Å². The quantitative estimate of drug-likeness (QED) is 0.158. The number of piperidine rings is 1. The molecule has 1 amide bonds. The molecule has 2 heterocycles. The molecule has 6 rings (SSSR count). The molecule has 4 aromatic carbocycles. The molecule has 1 aromatic heterocycles. The van der Waals surface area contributed by atoms with E-state index in [2.05, 4.69) is 41.5 Å². The zero-order chi connectivity index (χ0) is 32.8. The van der Waals surface area contributed by atoms with Gasteiger partial charge in [-0.3, -0.25) is 0 Å². The van der Waals surface area contributed by atoms with Gasteiger partial charge >= 0.3 is 6.09 Å². The number of carboxylic acid groups (broad SMARTS) is 1. The zero-order valence-electron chi connectivity index (χ0n) is 26.9. The van der Waals surface area contributed by atoms with Crippen molar-refractivity contribution in [2.24, 2.45) is 0 Å². The average Bonchev–Trinajstić information content (AvgIpc) is 3.60. The zero-order valence-corrected chi connectivity index (χ0v) is 26.9. The number of nitrogens with zero attached hydrogens (tertiary/aromatic N) is 5. The maximum atomic E-state index is 11.6. The molecule has 0 saturated carbocycles. The van der Waals surface area contributed by atoms with Crippen LogP contribution in [0.5, 0.6) is 17.2 Å². The summed E-state index contributed by atoms with van der Waals surface area (Å²) in [5, 5.41) is 22.5. The summed E-state index contributed by atoms with van der Waals surface area (Å²) < 4.78 is 20.8. The molecule has 0 bridgehead atoms. The second-order valence-corrected chi connectivity index (χ2v) is 12.0. The summed E-state index contributed by atoms with van der Waals surface area (Å²) in [6, 6.07) is 30.1. The first-order chi connectivity index (χ1) is 22.9. The van der Waals surface area contributed by atoms with Crippen LogP contribution in [0.2, 0.25) is 0 Å². The molecule has 0 radical (unpaired) electrons. The van der Waals surface area contributed by atoms with E-state index in [1.165, 1.54) is 4.90 Å². The lowest BCUT2D eigenvalue weighted by molar-refractivity contribution is 0.124. The first-order valence-electron chi connectivity index (χ1n) is 15.9. The van der Waals surface area contributed by atoms with Gasteiger partial charge in [0.1, 0.15) is 30.5 Å². The lowest BCUT2D eigenvalue weighted by atomic mass is 9.94. The normalized spacial score (nSPS) is 13.5. The molecule has 0 spiro atoms. The third-order valence-corrected chi connectivity index (χ3v) is 8.55. The lowest BCUT2D eigenvalue weighted by Crippen LogP contribution is -2.38. The van der Waals surface area contributed by atoms with Gasteiger partial charge in [0, 0.05) is 30.3 Å². The highest BCUT2D eigenvalue weighted by Gasteiger charge is 2.29. The number of tetrazole rings is 1. The predicted molar refractivity (Wildman–Crippen MR) is 179 cm³/mol. The maximum Gasteiger partial charge on any atom is 0.407 e. The smallest absolute Gasteiger partial charge is 0.407 e. The van der Waals surface area contributed by atoms with Crippen LogP contribution in [0.3, 0.4) is 0 Å². The van der Waals surface area contributed by atoms with Crippen molar-refractivity contribution < 1.29 is 24.1 Å². The summed E-state index contributed by atoms with van der Waals surface area (Å²) in [6.45, 7) is 5.83. The Hall–Kier alpha value is -5.38. The van der Waals surface area contributed by atoms with E-state index >= 15 is 0 Å². The predicted octanol–water partition coefficient (Wildman–Crippen LogP) is 7.61. The van der Waals surface area contributed by atoms with E-state index in [0.29, 0.717) is 73.7 Å². The summed E-state index contributed by atoms with van der Waals surface area (Å²) >= 11 is 0. The third kappa shape index (κ3) is 7.22. The van der Waals surface area contributed by atoms with Crippen LogP contribution in [0.4, 0.5) is 4.79 Å². The Labute approximate surface area is 274 Å². The molecule has 1 N–H and O–H groups in total. The van der Waals surface area contributed by atoms with Gasteiger partial charge in [-0.15, -0.1) is 5.10 Å². The van der Waals surface area contributed by atoms with Crippen LogP contribution < -0.4 is 14.2 Å². The van der Waals surface area contributed by atoms with E-state index in [1.807, 2.05) is 78.9 Å². The number of benzene rings is 4. The summed E-state index contributed by atoms with van der Waals surface area (Å²) in [4.78, 5) is 13.0. The third-order valence-electron chi connectivity index (χ3n) is 8.55. The van der Waals surface area contributed by atoms with Gasteiger partial charge in [0.05, 0.1) is 18.7 Å². The lowest BCUT2D eigenvalue weighted by Gasteiger charge is -2.30. The molecular formula is C37H39N5O5. The van der Waals surface area contributed by atoms with Crippen molar-refractivity contribution in [2.45, 2.75) is 51.9 Å². The molecule has 47 heavy (non-hydrogen) atoms. The molecule has 1 aliphatic heterocycles. The monoisotopic (exact) mass is 633 g/mol. The van der Waals surface area contributed by atoms with E-state index in [4.69, 9.17) is 14.2 Å². The van der Waals surface area contributed by atoms with Gasteiger partial charge in [0.15, 0.2) is 5.82 Å². The number of ether oxygens (including phenoxy) is 3. The van der Waals surface area contributed by atoms with Crippen LogP contribution >= 0.6 is 0 Å². The standard InChI is InChI=1S/C37H39N5O5/c1-25(2)28-14-15-33(45-3)30(20-28)31-21-32(36-38-39-40-42(36)29-16-18-41(19-17-29)37(43)44)35(47-24-27-12-8-5-9-13-27)22-34(31)46-23-26-10-6-4-7-11-26/h4-15,20-22,25,29H,16-19,23-24H2,1-3H3,(H,43,44). The number of rotatable bonds is 11. The Morgan fingerprint density at radius 2 is 1.40 bits per heavy atom. The van der Waals surface area contributed by atoms with Gasteiger partial charge in [0.25, 0.3) is 0 Å². The minimum atomic E-state index is -0.912. The fourth-order valence-electron chi connectivity index (χ4n) is 5.87. The molecule has 1 fully saturated rings. The van der Waals surface area contributed by atoms with E-state index in [-0.39, 0.29) is 6.04 Å². The van der Waals surface area contributed by atoms with Gasteiger partial charge in [-0.2, -0.15) is 0 Å². The average molecular weight is 634 g/mol. The summed E-state index contributed by atoms with van der Waals surface area (Å²) in [5.41, 5.74) is 5.61. The highest BCUT2D eigenvalue weighted by atomic mass is 16.5. The molecule has 0 atom stereocenters. The van der Waals surface area contributed by atoms with Gasteiger partial charge in [0.2, 0.25) is 0 Å². The summed E-state index contributed by atoms with van der Waals surface area (Å²) in [5.74, 6) is 2.75. The Balaban J connectivity index is 1.49. The van der Waals surface area contributed by atoms with Crippen LogP contribution in [0, 0.1) is 0 Å². The fraction of sp³-hybridized carbons (Fsp3) is 0.297. The molecule has 0 unspecified atom stereocenters. The van der Waals surface area contributed by atoms with Gasteiger partial charge < -0.3 is 24.2 Å². The van der Waals surface area contributed by atoms with Gasteiger partial charge in [-0.1, -0.05) is 80.6 Å². The molecule has 1 aliphatic rings. The second kappa shape index (κ2) is 14.4. The highest BCUT2D eigenvalue weighted by Crippen LogP contribution is 2.45. The van der Waals surface area contributed by atoms with Crippen LogP contribution in [-0.4, -0.2) is 56.5 Å². The molecule has 0 aliphatic carbocycles. The highest BCUT2D eigenvalue weighted by molar-refractivity contribution is 5.83. The number of likely N-dealkylation sites (tertiary alicyclic amines) is 1. The van der Waals surface area contributed by atoms with E-state index < -0.39 is 6.09 Å². The van der Waals surface area contributed by atoms with E-state index in [9.17, 15) is 9.90 Å². The minimum Gasteiger partial charge on any atom is -0.496 e. The number of amides is 1. The van der Waals surface area contributed by atoms with Crippen molar-refractivity contribution in [3.05, 3.63) is 108 Å². The molecule has 5 aromatic rings. The molecule has 10 nitrogen and oxygen atoms in total. The molecule has 242 valence electrons.